The van der Waals surface area contributed by atoms with Crippen molar-refractivity contribution < 1.29 is 4.74 Å². The van der Waals surface area contributed by atoms with E-state index in [1.165, 1.54) is 0 Å². The fourth-order valence-corrected chi connectivity index (χ4v) is 1.47. The summed E-state index contributed by atoms with van der Waals surface area (Å²) in [5, 5.41) is 12.8. The standard InChI is InChI=1S/C10H7BrN4O/c1-15-6-8(5-14-15)16-10-2-7(11)4-13-9(10)3-12/h2,4-6H,1H3. The Bertz CT molecular complexity index is 558. The zero-order valence-electron chi connectivity index (χ0n) is 8.38. The summed E-state index contributed by atoms with van der Waals surface area (Å²) in [7, 11) is 1.79. The monoisotopic (exact) mass is 278 g/mol. The molecule has 0 bridgehead atoms. The summed E-state index contributed by atoms with van der Waals surface area (Å²) in [6.45, 7) is 0. The molecule has 2 rings (SSSR count). The third-order valence-electron chi connectivity index (χ3n) is 1.83. The highest BCUT2D eigenvalue weighted by Crippen LogP contribution is 2.25. The van der Waals surface area contributed by atoms with Gasteiger partial charge in [0, 0.05) is 17.7 Å². The van der Waals surface area contributed by atoms with Crippen LogP contribution in [0.25, 0.3) is 0 Å². The third kappa shape index (κ3) is 2.20. The van der Waals surface area contributed by atoms with Gasteiger partial charge in [0.2, 0.25) is 0 Å². The number of aryl methyl sites for hydroxylation is 1. The molecular weight excluding hydrogens is 272 g/mol. The molecule has 0 fully saturated rings. The van der Waals surface area contributed by atoms with Crippen LogP contribution in [0.1, 0.15) is 5.69 Å². The summed E-state index contributed by atoms with van der Waals surface area (Å²) in [6.07, 6.45) is 4.83. The quantitative estimate of drug-likeness (QED) is 0.845. The molecule has 0 amide bonds. The molecule has 5 nitrogen and oxygen atoms in total. The van der Waals surface area contributed by atoms with E-state index in [2.05, 4.69) is 26.0 Å². The Hall–Kier alpha value is -1.87. The highest BCUT2D eigenvalue weighted by Gasteiger charge is 2.07. The molecule has 16 heavy (non-hydrogen) atoms. The Morgan fingerprint density at radius 1 is 1.50 bits per heavy atom. The molecule has 2 aromatic rings. The normalized spacial score (nSPS) is 9.81. The first-order valence-corrected chi connectivity index (χ1v) is 5.20. The molecule has 0 unspecified atom stereocenters. The lowest BCUT2D eigenvalue weighted by Crippen LogP contribution is -1.90. The van der Waals surface area contributed by atoms with E-state index in [1.807, 2.05) is 6.07 Å². The molecule has 6 heteroatoms. The van der Waals surface area contributed by atoms with E-state index in [4.69, 9.17) is 10.00 Å². The average Bonchev–Trinajstić information content (AvgIpc) is 2.64. The lowest BCUT2D eigenvalue weighted by molar-refractivity contribution is 0.477. The van der Waals surface area contributed by atoms with Gasteiger partial charge >= 0.3 is 0 Å². The predicted molar refractivity (Wildman–Crippen MR) is 59.9 cm³/mol. The van der Waals surface area contributed by atoms with Crippen molar-refractivity contribution in [1.29, 1.82) is 5.26 Å². The molecule has 0 aromatic carbocycles. The van der Waals surface area contributed by atoms with Crippen molar-refractivity contribution in [2.24, 2.45) is 7.05 Å². The lowest BCUT2D eigenvalue weighted by Gasteiger charge is -2.03. The van der Waals surface area contributed by atoms with E-state index in [0.29, 0.717) is 11.5 Å². The zero-order chi connectivity index (χ0) is 11.5. The smallest absolute Gasteiger partial charge is 0.183 e. The molecule has 0 aliphatic heterocycles. The van der Waals surface area contributed by atoms with Crippen molar-refractivity contribution in [1.82, 2.24) is 14.8 Å². The number of hydrogen-bond donors (Lipinski definition) is 0. The van der Waals surface area contributed by atoms with Crippen molar-refractivity contribution >= 4 is 15.9 Å². The molecule has 0 spiro atoms. The molecule has 0 atom stereocenters. The van der Waals surface area contributed by atoms with Crippen LogP contribution in [0.2, 0.25) is 0 Å². The fourth-order valence-electron chi connectivity index (χ4n) is 1.16. The molecule has 0 aliphatic rings. The van der Waals surface area contributed by atoms with Crippen LogP contribution >= 0.6 is 15.9 Å². The summed E-state index contributed by atoms with van der Waals surface area (Å²) in [6, 6.07) is 3.66. The van der Waals surface area contributed by atoms with E-state index >= 15 is 0 Å². The first-order chi connectivity index (χ1) is 7.69. The highest BCUT2D eigenvalue weighted by atomic mass is 79.9. The van der Waals surface area contributed by atoms with Crippen LogP contribution < -0.4 is 4.74 Å². The van der Waals surface area contributed by atoms with Gasteiger partial charge in [-0.25, -0.2) is 4.98 Å². The number of rotatable bonds is 2. The minimum Gasteiger partial charge on any atom is -0.451 e. The highest BCUT2D eigenvalue weighted by molar-refractivity contribution is 9.10. The second kappa shape index (κ2) is 4.33. The van der Waals surface area contributed by atoms with Crippen molar-refractivity contribution in [3.63, 3.8) is 0 Å². The number of nitriles is 1. The SMILES string of the molecule is Cn1cc(Oc2cc(Br)cnc2C#N)cn1. The van der Waals surface area contributed by atoms with Gasteiger partial charge in [0.1, 0.15) is 6.07 Å². The van der Waals surface area contributed by atoms with Gasteiger partial charge in [-0.1, -0.05) is 0 Å². The predicted octanol–water partition coefficient (Wildman–Crippen LogP) is 2.24. The van der Waals surface area contributed by atoms with Gasteiger partial charge in [0.25, 0.3) is 0 Å². The number of halogens is 1. The molecule has 80 valence electrons. The minimum absolute atomic E-state index is 0.243. The van der Waals surface area contributed by atoms with Gasteiger partial charge in [0.15, 0.2) is 17.2 Å². The molecule has 0 aliphatic carbocycles. The van der Waals surface area contributed by atoms with Crippen LogP contribution in [0.5, 0.6) is 11.5 Å². The second-order valence-corrected chi connectivity index (χ2v) is 3.98. The Morgan fingerprint density at radius 2 is 2.31 bits per heavy atom. The Morgan fingerprint density at radius 3 is 2.94 bits per heavy atom. The van der Waals surface area contributed by atoms with Gasteiger partial charge in [0.05, 0.1) is 12.4 Å². The summed E-state index contributed by atoms with van der Waals surface area (Å²) in [5.74, 6) is 0.976. The van der Waals surface area contributed by atoms with Crippen molar-refractivity contribution in [2.75, 3.05) is 0 Å². The van der Waals surface area contributed by atoms with Gasteiger partial charge in [-0.15, -0.1) is 0 Å². The molecular formula is C10H7BrN4O. The average molecular weight is 279 g/mol. The van der Waals surface area contributed by atoms with Crippen LogP contribution in [0.3, 0.4) is 0 Å². The van der Waals surface area contributed by atoms with Crippen LogP contribution in [0.15, 0.2) is 29.1 Å². The second-order valence-electron chi connectivity index (χ2n) is 3.06. The van der Waals surface area contributed by atoms with Crippen LogP contribution in [-0.4, -0.2) is 14.8 Å². The topological polar surface area (TPSA) is 63.7 Å². The largest absolute Gasteiger partial charge is 0.451 e. The summed E-state index contributed by atoms with van der Waals surface area (Å²) >= 11 is 3.27. The Kier molecular flexibility index (Phi) is 2.88. The van der Waals surface area contributed by atoms with Crippen molar-refractivity contribution in [2.45, 2.75) is 0 Å². The molecule has 0 N–H and O–H groups in total. The van der Waals surface area contributed by atoms with E-state index in [-0.39, 0.29) is 5.69 Å². The van der Waals surface area contributed by atoms with Crippen LogP contribution in [-0.2, 0) is 7.05 Å². The molecule has 2 heterocycles. The number of hydrogen-bond acceptors (Lipinski definition) is 4. The van der Waals surface area contributed by atoms with Gasteiger partial charge in [-0.2, -0.15) is 10.4 Å². The maximum atomic E-state index is 8.86. The van der Waals surface area contributed by atoms with Gasteiger partial charge in [-0.3, -0.25) is 4.68 Å². The maximum absolute atomic E-state index is 8.86. The number of pyridine rings is 1. The van der Waals surface area contributed by atoms with E-state index < -0.39 is 0 Å². The molecule has 0 radical (unpaired) electrons. The van der Waals surface area contributed by atoms with Gasteiger partial charge in [-0.05, 0) is 22.0 Å². The summed E-state index contributed by atoms with van der Waals surface area (Å²) in [5.41, 5.74) is 0.243. The zero-order valence-corrected chi connectivity index (χ0v) is 9.97. The first kappa shape index (κ1) is 10.6. The summed E-state index contributed by atoms with van der Waals surface area (Å²) in [4.78, 5) is 3.94. The van der Waals surface area contributed by atoms with Crippen molar-refractivity contribution in [3.8, 4) is 17.6 Å². The van der Waals surface area contributed by atoms with Crippen molar-refractivity contribution in [3.05, 3.63) is 34.8 Å². The molecule has 0 saturated heterocycles. The number of ether oxygens (including phenoxy) is 1. The summed E-state index contributed by atoms with van der Waals surface area (Å²) < 4.78 is 7.88. The van der Waals surface area contributed by atoms with E-state index in [1.54, 1.807) is 36.4 Å². The first-order valence-electron chi connectivity index (χ1n) is 4.41. The number of nitrogens with zero attached hydrogens (tertiary/aromatic N) is 4. The maximum Gasteiger partial charge on any atom is 0.183 e. The molecule has 2 aromatic heterocycles. The number of aromatic nitrogens is 3. The molecule has 0 saturated carbocycles. The third-order valence-corrected chi connectivity index (χ3v) is 2.27. The Balaban J connectivity index is 2.34. The minimum atomic E-state index is 0.243. The van der Waals surface area contributed by atoms with Crippen LogP contribution in [0, 0.1) is 11.3 Å². The van der Waals surface area contributed by atoms with Gasteiger partial charge < -0.3 is 4.74 Å². The fraction of sp³-hybridized carbons (Fsp3) is 0.100. The Labute approximate surface area is 100 Å². The lowest BCUT2D eigenvalue weighted by atomic mass is 10.3. The van der Waals surface area contributed by atoms with Crippen LogP contribution in [0.4, 0.5) is 0 Å². The van der Waals surface area contributed by atoms with E-state index in [0.717, 1.165) is 4.47 Å². The van der Waals surface area contributed by atoms with E-state index in [9.17, 15) is 0 Å².